The topological polar surface area (TPSA) is 55.2 Å². The van der Waals surface area contributed by atoms with Crippen LogP contribution in [0.5, 0.6) is 0 Å². The smallest absolute Gasteiger partial charge is 0.385 e. The molecule has 0 heterocycles. The lowest BCUT2D eigenvalue weighted by Gasteiger charge is -2.11. The minimum absolute atomic E-state index is 0.00149. The second kappa shape index (κ2) is 6.78. The van der Waals surface area contributed by atoms with Crippen molar-refractivity contribution in [2.75, 3.05) is 11.9 Å². The first-order chi connectivity index (χ1) is 9.20. The maximum absolute atomic E-state index is 11.9. The Morgan fingerprint density at radius 1 is 1.35 bits per heavy atom. The summed E-state index contributed by atoms with van der Waals surface area (Å²) in [5, 5.41) is 13.6. The van der Waals surface area contributed by atoms with Crippen LogP contribution >= 0.6 is 11.6 Å². The molecule has 0 bridgehead atoms. The van der Waals surface area contributed by atoms with Crippen molar-refractivity contribution in [1.82, 2.24) is 0 Å². The quantitative estimate of drug-likeness (QED) is 0.470. The van der Waals surface area contributed by atoms with E-state index in [9.17, 15) is 23.3 Å². The molecule has 1 rings (SSSR count). The fourth-order valence-electron chi connectivity index (χ4n) is 1.67. The third-order valence-electron chi connectivity index (χ3n) is 2.69. The summed E-state index contributed by atoms with van der Waals surface area (Å²) in [7, 11) is 0. The van der Waals surface area contributed by atoms with Gasteiger partial charge in [0.25, 0.3) is 5.69 Å². The van der Waals surface area contributed by atoms with Crippen molar-refractivity contribution in [3.05, 3.63) is 32.8 Å². The number of nitro benzene ring substituents is 1. The summed E-state index contributed by atoms with van der Waals surface area (Å²) >= 11 is 5.77. The molecular formula is C12H14ClF3N2O2. The minimum Gasteiger partial charge on any atom is -0.385 e. The van der Waals surface area contributed by atoms with Gasteiger partial charge in [0.15, 0.2) is 0 Å². The van der Waals surface area contributed by atoms with E-state index in [1.54, 1.807) is 6.92 Å². The minimum atomic E-state index is -4.13. The molecule has 0 spiro atoms. The van der Waals surface area contributed by atoms with Crippen LogP contribution in [-0.4, -0.2) is 17.6 Å². The van der Waals surface area contributed by atoms with Crippen molar-refractivity contribution in [3.8, 4) is 0 Å². The van der Waals surface area contributed by atoms with E-state index in [0.717, 1.165) is 0 Å². The zero-order chi connectivity index (χ0) is 15.3. The van der Waals surface area contributed by atoms with Crippen molar-refractivity contribution < 1.29 is 18.1 Å². The van der Waals surface area contributed by atoms with Crippen LogP contribution < -0.4 is 5.32 Å². The average molecular weight is 311 g/mol. The molecule has 8 heteroatoms. The van der Waals surface area contributed by atoms with Crippen LogP contribution in [0.15, 0.2) is 12.1 Å². The molecule has 0 amide bonds. The van der Waals surface area contributed by atoms with Gasteiger partial charge < -0.3 is 5.32 Å². The lowest BCUT2D eigenvalue weighted by Crippen LogP contribution is -2.09. The molecular weight excluding hydrogens is 297 g/mol. The number of unbranched alkanes of at least 4 members (excludes halogenated alkanes) is 1. The van der Waals surface area contributed by atoms with Crippen molar-refractivity contribution >= 4 is 23.0 Å². The highest BCUT2D eigenvalue weighted by Gasteiger charge is 2.25. The summed E-state index contributed by atoms with van der Waals surface area (Å²) < 4.78 is 35.8. The molecule has 0 aliphatic heterocycles. The normalized spacial score (nSPS) is 11.4. The van der Waals surface area contributed by atoms with Gasteiger partial charge in [0.05, 0.1) is 4.92 Å². The van der Waals surface area contributed by atoms with Gasteiger partial charge in [-0.2, -0.15) is 13.2 Å². The fourth-order valence-corrected chi connectivity index (χ4v) is 1.90. The zero-order valence-electron chi connectivity index (χ0n) is 10.8. The molecule has 1 aromatic carbocycles. The number of rotatable bonds is 6. The molecule has 0 aliphatic rings. The number of nitrogens with zero attached hydrogens (tertiary/aromatic N) is 1. The number of anilines is 1. The Balaban J connectivity index is 2.53. The first-order valence-electron chi connectivity index (χ1n) is 5.96. The highest BCUT2D eigenvalue weighted by molar-refractivity contribution is 6.33. The van der Waals surface area contributed by atoms with E-state index >= 15 is 0 Å². The molecule has 0 unspecified atom stereocenters. The Bertz CT molecular complexity index is 492. The molecule has 0 aliphatic carbocycles. The number of alkyl halides is 3. The van der Waals surface area contributed by atoms with Gasteiger partial charge in [0, 0.05) is 24.7 Å². The van der Waals surface area contributed by atoms with Crippen molar-refractivity contribution in [3.63, 3.8) is 0 Å². The van der Waals surface area contributed by atoms with Gasteiger partial charge in [-0.1, -0.05) is 11.6 Å². The zero-order valence-corrected chi connectivity index (χ0v) is 11.5. The number of aryl methyl sites for hydroxylation is 1. The molecule has 0 fully saturated rings. The van der Waals surface area contributed by atoms with E-state index in [-0.39, 0.29) is 17.1 Å². The summed E-state index contributed by atoms with van der Waals surface area (Å²) in [6.45, 7) is 2.02. The van der Waals surface area contributed by atoms with Gasteiger partial charge in [-0.05, 0) is 31.4 Å². The number of benzene rings is 1. The second-order valence-corrected chi connectivity index (χ2v) is 4.78. The van der Waals surface area contributed by atoms with Crippen molar-refractivity contribution in [1.29, 1.82) is 0 Å². The Hall–Kier alpha value is -1.50. The number of nitro groups is 1. The van der Waals surface area contributed by atoms with Crippen LogP contribution in [-0.2, 0) is 0 Å². The van der Waals surface area contributed by atoms with E-state index in [2.05, 4.69) is 5.32 Å². The largest absolute Gasteiger partial charge is 0.389 e. The molecule has 1 aromatic rings. The average Bonchev–Trinajstić information content (AvgIpc) is 2.30. The number of nitrogens with one attached hydrogen (secondary N) is 1. The lowest BCUT2D eigenvalue weighted by atomic mass is 10.1. The van der Waals surface area contributed by atoms with Crippen LogP contribution in [0.1, 0.15) is 24.8 Å². The van der Waals surface area contributed by atoms with E-state index in [1.807, 2.05) is 0 Å². The summed E-state index contributed by atoms with van der Waals surface area (Å²) in [5.41, 5.74) is 1.02. The molecule has 1 N–H and O–H groups in total. The number of hydrogen-bond acceptors (Lipinski definition) is 3. The Labute approximate surface area is 119 Å². The maximum Gasteiger partial charge on any atom is 0.389 e. The molecule has 20 heavy (non-hydrogen) atoms. The first kappa shape index (κ1) is 16.6. The summed E-state index contributed by atoms with van der Waals surface area (Å²) in [6, 6.07) is 2.75. The SMILES string of the molecule is Cc1cc([N+](=O)[O-])c(Cl)cc1NCCCCC(F)(F)F. The summed E-state index contributed by atoms with van der Waals surface area (Å²) in [6.07, 6.45) is -4.55. The van der Waals surface area contributed by atoms with Crippen LogP contribution in [0.25, 0.3) is 0 Å². The van der Waals surface area contributed by atoms with Gasteiger partial charge in [0.2, 0.25) is 0 Å². The molecule has 0 aromatic heterocycles. The van der Waals surface area contributed by atoms with Gasteiger partial charge in [-0.25, -0.2) is 0 Å². The standard InChI is InChI=1S/C12H14ClF3N2O2/c1-8-6-11(18(19)20)9(13)7-10(8)17-5-3-2-4-12(14,15)16/h6-7,17H,2-5H2,1H3. The fraction of sp³-hybridized carbons (Fsp3) is 0.500. The van der Waals surface area contributed by atoms with E-state index in [0.29, 0.717) is 24.2 Å². The lowest BCUT2D eigenvalue weighted by molar-refractivity contribution is -0.384. The second-order valence-electron chi connectivity index (χ2n) is 4.37. The van der Waals surface area contributed by atoms with Gasteiger partial charge in [-0.15, -0.1) is 0 Å². The van der Waals surface area contributed by atoms with Crippen LogP contribution in [0.2, 0.25) is 5.02 Å². The molecule has 0 saturated heterocycles. The molecule has 0 atom stereocenters. The van der Waals surface area contributed by atoms with Gasteiger partial charge in [-0.3, -0.25) is 10.1 Å². The molecule has 0 radical (unpaired) electrons. The third kappa shape index (κ3) is 5.24. The maximum atomic E-state index is 11.9. The molecule has 0 saturated carbocycles. The van der Waals surface area contributed by atoms with Gasteiger partial charge >= 0.3 is 6.18 Å². The van der Waals surface area contributed by atoms with Crippen LogP contribution in [0.4, 0.5) is 24.5 Å². The first-order valence-corrected chi connectivity index (χ1v) is 6.33. The van der Waals surface area contributed by atoms with Crippen molar-refractivity contribution in [2.24, 2.45) is 0 Å². The Kier molecular flexibility index (Phi) is 5.62. The Morgan fingerprint density at radius 3 is 2.55 bits per heavy atom. The predicted molar refractivity (Wildman–Crippen MR) is 71.2 cm³/mol. The molecule has 112 valence electrons. The predicted octanol–water partition coefficient (Wildman–Crippen LogP) is 4.70. The third-order valence-corrected chi connectivity index (χ3v) is 3.00. The van der Waals surface area contributed by atoms with E-state index in [1.165, 1.54) is 12.1 Å². The van der Waals surface area contributed by atoms with Crippen molar-refractivity contribution in [2.45, 2.75) is 32.4 Å². The highest BCUT2D eigenvalue weighted by Crippen LogP contribution is 2.30. The van der Waals surface area contributed by atoms with E-state index in [4.69, 9.17) is 11.6 Å². The van der Waals surface area contributed by atoms with E-state index < -0.39 is 17.5 Å². The van der Waals surface area contributed by atoms with Crippen LogP contribution in [0.3, 0.4) is 0 Å². The highest BCUT2D eigenvalue weighted by atomic mass is 35.5. The Morgan fingerprint density at radius 2 is 2.00 bits per heavy atom. The monoisotopic (exact) mass is 310 g/mol. The number of halogens is 4. The van der Waals surface area contributed by atoms with Gasteiger partial charge in [0.1, 0.15) is 5.02 Å². The number of hydrogen-bond donors (Lipinski definition) is 1. The summed E-state index contributed by atoms with van der Waals surface area (Å²) in [4.78, 5) is 10.1. The van der Waals surface area contributed by atoms with Crippen LogP contribution in [0, 0.1) is 17.0 Å². The molecule has 4 nitrogen and oxygen atoms in total. The summed E-state index contributed by atoms with van der Waals surface area (Å²) in [5.74, 6) is 0.